The van der Waals surface area contributed by atoms with Gasteiger partial charge >= 0.3 is 6.01 Å². The van der Waals surface area contributed by atoms with Crippen LogP contribution in [0.4, 0.5) is 5.95 Å². The molecular weight excluding hydrogens is 264 g/mol. The lowest BCUT2D eigenvalue weighted by molar-refractivity contribution is 0.296. The summed E-state index contributed by atoms with van der Waals surface area (Å²) in [6.45, 7) is 0.959. The van der Waals surface area contributed by atoms with Crippen molar-refractivity contribution in [3.63, 3.8) is 0 Å². The molecule has 96 valence electrons. The van der Waals surface area contributed by atoms with Gasteiger partial charge < -0.3 is 15.2 Å². The predicted molar refractivity (Wildman–Crippen MR) is 68.9 cm³/mol. The van der Waals surface area contributed by atoms with E-state index in [2.05, 4.69) is 20.3 Å². The van der Waals surface area contributed by atoms with Gasteiger partial charge in [-0.05, 0) is 23.8 Å². The molecular formula is C9H15ClN4O2S. The van der Waals surface area contributed by atoms with E-state index in [0.29, 0.717) is 5.95 Å². The van der Waals surface area contributed by atoms with Gasteiger partial charge in [-0.2, -0.15) is 26.7 Å². The first-order valence-electron chi connectivity index (χ1n) is 5.14. The highest BCUT2D eigenvalue weighted by molar-refractivity contribution is 7.99. The van der Waals surface area contributed by atoms with Gasteiger partial charge in [0.2, 0.25) is 11.2 Å². The average molecular weight is 279 g/mol. The lowest BCUT2D eigenvalue weighted by Gasteiger charge is -2.05. The highest BCUT2D eigenvalue weighted by atomic mass is 35.5. The van der Waals surface area contributed by atoms with Crippen LogP contribution in [0.5, 0.6) is 6.01 Å². The van der Waals surface area contributed by atoms with E-state index in [1.807, 2.05) is 0 Å². The molecule has 0 aliphatic rings. The van der Waals surface area contributed by atoms with Crippen molar-refractivity contribution in [2.45, 2.75) is 6.42 Å². The minimum Gasteiger partial charge on any atom is -0.467 e. The molecule has 1 aromatic heterocycles. The minimum atomic E-state index is 0.104. The second-order valence-electron chi connectivity index (χ2n) is 3.03. The van der Waals surface area contributed by atoms with Crippen LogP contribution in [0.1, 0.15) is 6.42 Å². The van der Waals surface area contributed by atoms with Crippen molar-refractivity contribution in [1.82, 2.24) is 15.0 Å². The maximum Gasteiger partial charge on any atom is 0.322 e. The van der Waals surface area contributed by atoms with Crippen molar-refractivity contribution in [2.24, 2.45) is 0 Å². The standard InChI is InChI=1S/C9H15ClN4O2S/c1-16-9-13-7(10)12-8(14-9)11-3-6-17-5-2-4-15/h15H,2-6H2,1H3,(H,11,12,13,14). The smallest absolute Gasteiger partial charge is 0.322 e. The summed E-state index contributed by atoms with van der Waals surface area (Å²) in [5.41, 5.74) is 0. The second-order valence-corrected chi connectivity index (χ2v) is 4.59. The van der Waals surface area contributed by atoms with E-state index >= 15 is 0 Å². The van der Waals surface area contributed by atoms with Gasteiger partial charge in [0, 0.05) is 18.9 Å². The van der Waals surface area contributed by atoms with Gasteiger partial charge in [-0.1, -0.05) is 0 Å². The number of ether oxygens (including phenoxy) is 1. The van der Waals surface area contributed by atoms with Crippen molar-refractivity contribution >= 4 is 29.3 Å². The van der Waals surface area contributed by atoms with Gasteiger partial charge in [0.15, 0.2) is 0 Å². The summed E-state index contributed by atoms with van der Waals surface area (Å²) in [5, 5.41) is 11.7. The van der Waals surface area contributed by atoms with Crippen molar-refractivity contribution in [3.05, 3.63) is 5.28 Å². The molecule has 0 aliphatic heterocycles. The Morgan fingerprint density at radius 3 is 2.88 bits per heavy atom. The molecule has 0 aliphatic carbocycles. The number of aromatic nitrogens is 3. The van der Waals surface area contributed by atoms with Crippen molar-refractivity contribution < 1.29 is 9.84 Å². The fourth-order valence-electron chi connectivity index (χ4n) is 1.01. The lowest BCUT2D eigenvalue weighted by Crippen LogP contribution is -2.09. The van der Waals surface area contributed by atoms with Crippen LogP contribution in [-0.2, 0) is 0 Å². The van der Waals surface area contributed by atoms with E-state index in [1.54, 1.807) is 11.8 Å². The molecule has 0 spiro atoms. The number of nitrogens with one attached hydrogen (secondary N) is 1. The van der Waals surface area contributed by atoms with Crippen LogP contribution in [-0.4, -0.2) is 51.8 Å². The zero-order valence-electron chi connectivity index (χ0n) is 9.52. The summed E-state index contributed by atoms with van der Waals surface area (Å²) < 4.78 is 4.88. The highest BCUT2D eigenvalue weighted by Crippen LogP contribution is 2.10. The molecule has 0 atom stereocenters. The van der Waals surface area contributed by atoms with Crippen LogP contribution in [0.25, 0.3) is 0 Å². The number of hydrogen-bond donors (Lipinski definition) is 2. The van der Waals surface area contributed by atoms with Crippen molar-refractivity contribution in [1.29, 1.82) is 0 Å². The summed E-state index contributed by atoms with van der Waals surface area (Å²) in [6.07, 6.45) is 0.816. The maximum atomic E-state index is 8.60. The average Bonchev–Trinajstić information content (AvgIpc) is 2.33. The van der Waals surface area contributed by atoms with Gasteiger partial charge in [0.05, 0.1) is 7.11 Å². The highest BCUT2D eigenvalue weighted by Gasteiger charge is 2.03. The lowest BCUT2D eigenvalue weighted by atomic mass is 10.5. The zero-order valence-corrected chi connectivity index (χ0v) is 11.1. The second kappa shape index (κ2) is 8.32. The van der Waals surface area contributed by atoms with E-state index in [1.165, 1.54) is 7.11 Å². The minimum absolute atomic E-state index is 0.104. The molecule has 0 saturated heterocycles. The third-order valence-corrected chi connectivity index (χ3v) is 2.99. The quantitative estimate of drug-likeness (QED) is 0.688. The van der Waals surface area contributed by atoms with E-state index in [4.69, 9.17) is 21.4 Å². The summed E-state index contributed by atoms with van der Waals surface area (Å²) in [4.78, 5) is 11.7. The number of rotatable bonds is 8. The Hall–Kier alpha value is -0.790. The molecule has 0 bridgehead atoms. The topological polar surface area (TPSA) is 80.2 Å². The number of thioether (sulfide) groups is 1. The number of methoxy groups -OCH3 is 1. The van der Waals surface area contributed by atoms with Crippen LogP contribution in [0, 0.1) is 0 Å². The van der Waals surface area contributed by atoms with Crippen LogP contribution in [0.3, 0.4) is 0 Å². The molecule has 1 aromatic rings. The van der Waals surface area contributed by atoms with Crippen LogP contribution >= 0.6 is 23.4 Å². The van der Waals surface area contributed by atoms with Crippen molar-refractivity contribution in [3.8, 4) is 6.01 Å². The molecule has 1 heterocycles. The molecule has 0 fully saturated rings. The first-order valence-corrected chi connectivity index (χ1v) is 6.67. The third-order valence-electron chi connectivity index (χ3n) is 1.75. The van der Waals surface area contributed by atoms with Gasteiger partial charge in [-0.25, -0.2) is 0 Å². The molecule has 1 rings (SSSR count). The molecule has 0 amide bonds. The normalized spacial score (nSPS) is 10.3. The zero-order chi connectivity index (χ0) is 12.5. The van der Waals surface area contributed by atoms with Crippen molar-refractivity contribution in [2.75, 3.05) is 37.1 Å². The summed E-state index contributed by atoms with van der Waals surface area (Å²) >= 11 is 7.45. The maximum absolute atomic E-state index is 8.60. The number of anilines is 1. The summed E-state index contributed by atoms with van der Waals surface area (Å²) in [5.74, 6) is 2.26. The van der Waals surface area contributed by atoms with E-state index in [0.717, 1.165) is 24.5 Å². The first-order chi connectivity index (χ1) is 8.26. The first kappa shape index (κ1) is 14.3. The number of aliphatic hydroxyl groups is 1. The van der Waals surface area contributed by atoms with Crippen LogP contribution < -0.4 is 10.1 Å². The van der Waals surface area contributed by atoms with E-state index in [9.17, 15) is 0 Å². The number of aliphatic hydroxyl groups excluding tert-OH is 1. The molecule has 0 aromatic carbocycles. The molecule has 6 nitrogen and oxygen atoms in total. The van der Waals surface area contributed by atoms with Gasteiger partial charge in [0.1, 0.15) is 0 Å². The van der Waals surface area contributed by atoms with Crippen LogP contribution in [0.15, 0.2) is 0 Å². The van der Waals surface area contributed by atoms with E-state index < -0.39 is 0 Å². The Morgan fingerprint density at radius 1 is 1.35 bits per heavy atom. The SMILES string of the molecule is COc1nc(Cl)nc(NCCSCCCO)n1. The molecule has 2 N–H and O–H groups in total. The molecule has 8 heteroatoms. The largest absolute Gasteiger partial charge is 0.467 e. The number of halogens is 1. The van der Waals surface area contributed by atoms with Gasteiger partial charge in [0.25, 0.3) is 0 Å². The molecule has 0 radical (unpaired) electrons. The number of nitrogens with zero attached hydrogens (tertiary/aromatic N) is 3. The number of hydrogen-bond acceptors (Lipinski definition) is 7. The third kappa shape index (κ3) is 5.90. The van der Waals surface area contributed by atoms with Gasteiger partial charge in [-0.3, -0.25) is 0 Å². The Kier molecular flexibility index (Phi) is 6.99. The Balaban J connectivity index is 2.28. The van der Waals surface area contributed by atoms with Gasteiger partial charge in [-0.15, -0.1) is 0 Å². The monoisotopic (exact) mass is 278 g/mol. The summed E-state index contributed by atoms with van der Waals surface area (Å²) in [6, 6.07) is 0.195. The molecule has 0 unspecified atom stereocenters. The Morgan fingerprint density at radius 2 is 2.18 bits per heavy atom. The predicted octanol–water partition coefficient (Wildman–Crippen LogP) is 1.06. The van der Waals surface area contributed by atoms with E-state index in [-0.39, 0.29) is 17.9 Å². The fourth-order valence-corrected chi connectivity index (χ4v) is 1.94. The summed E-state index contributed by atoms with van der Waals surface area (Å²) in [7, 11) is 1.47. The Labute approximate surface area is 109 Å². The van der Waals surface area contributed by atoms with Crippen LogP contribution in [0.2, 0.25) is 5.28 Å². The molecule has 0 saturated carbocycles. The Bertz CT molecular complexity index is 343. The molecule has 17 heavy (non-hydrogen) atoms. The fraction of sp³-hybridized carbons (Fsp3) is 0.667.